The number of alkyl halides is 3. The van der Waals surface area contributed by atoms with Gasteiger partial charge in [0.15, 0.2) is 5.78 Å². The fraction of sp³-hybridized carbons (Fsp3) is 0.367. The molecule has 0 saturated carbocycles. The maximum Gasteiger partial charge on any atom is 0.390 e. The molecule has 2 heterocycles. The highest BCUT2D eigenvalue weighted by Crippen LogP contribution is 2.39. The van der Waals surface area contributed by atoms with Crippen LogP contribution in [0.5, 0.6) is 5.75 Å². The molecule has 4 atom stereocenters. The van der Waals surface area contributed by atoms with Crippen molar-refractivity contribution >= 4 is 46.5 Å². The lowest BCUT2D eigenvalue weighted by Crippen LogP contribution is -2.36. The number of anilines is 1. The van der Waals surface area contributed by atoms with Crippen molar-refractivity contribution in [3.63, 3.8) is 0 Å². The summed E-state index contributed by atoms with van der Waals surface area (Å²) in [6.45, 7) is 3.21. The molecule has 1 aliphatic rings. The Morgan fingerprint density at radius 2 is 1.71 bits per heavy atom. The molecule has 11 heteroatoms. The minimum atomic E-state index is -4.43. The second-order valence-corrected chi connectivity index (χ2v) is 11.5. The van der Waals surface area contributed by atoms with E-state index in [0.717, 1.165) is 32.7 Å². The molecular formula is C30H33F3N2O4P2. The average molecular weight is 605 g/mol. The van der Waals surface area contributed by atoms with E-state index in [4.69, 9.17) is 4.74 Å². The Balaban J connectivity index is 1.77. The predicted molar refractivity (Wildman–Crippen MR) is 161 cm³/mol. The highest BCUT2D eigenvalue weighted by atomic mass is 31.0. The first-order valence-electron chi connectivity index (χ1n) is 13.3. The van der Waals surface area contributed by atoms with E-state index >= 15 is 0 Å². The predicted octanol–water partition coefficient (Wildman–Crippen LogP) is 4.70. The van der Waals surface area contributed by atoms with Crippen LogP contribution < -0.4 is 25.8 Å². The first kappa shape index (κ1) is 30.9. The topological polar surface area (TPSA) is 68.6 Å². The number of hydrogen-bond acceptors (Lipinski definition) is 4. The third-order valence-electron chi connectivity index (χ3n) is 7.61. The first-order chi connectivity index (χ1) is 19.3. The summed E-state index contributed by atoms with van der Waals surface area (Å²) in [5.41, 5.74) is 2.24. The van der Waals surface area contributed by atoms with Gasteiger partial charge in [0.05, 0.1) is 19.4 Å². The SMILES string of the molecule is CCc1ccc(C(=O)C[C@@H]2C(=O)N(c3c(C)ccn(CCC(F)(F)F)c3=O)C[C@H]2c2c(P)cc(OC)cc2P)cc1. The van der Waals surface area contributed by atoms with Crippen molar-refractivity contribution in [2.45, 2.75) is 51.7 Å². The molecule has 4 rings (SSSR count). The number of amides is 1. The quantitative estimate of drug-likeness (QED) is 0.263. The molecule has 0 spiro atoms. The monoisotopic (exact) mass is 604 g/mol. The third-order valence-corrected chi connectivity index (χ3v) is 8.56. The van der Waals surface area contributed by atoms with Gasteiger partial charge in [-0.05, 0) is 58.8 Å². The second kappa shape index (κ2) is 12.5. The zero-order valence-corrected chi connectivity index (χ0v) is 25.4. The summed E-state index contributed by atoms with van der Waals surface area (Å²) < 4.78 is 45.1. The van der Waals surface area contributed by atoms with Crippen LogP contribution in [-0.2, 0) is 17.8 Å². The molecule has 0 radical (unpaired) electrons. The van der Waals surface area contributed by atoms with Gasteiger partial charge in [-0.25, -0.2) is 0 Å². The van der Waals surface area contributed by atoms with Crippen molar-refractivity contribution in [1.82, 2.24) is 4.57 Å². The van der Waals surface area contributed by atoms with E-state index in [1.807, 2.05) is 31.2 Å². The molecule has 1 aliphatic heterocycles. The van der Waals surface area contributed by atoms with Crippen LogP contribution in [-0.4, -0.2) is 36.1 Å². The smallest absolute Gasteiger partial charge is 0.390 e. The van der Waals surface area contributed by atoms with E-state index in [9.17, 15) is 27.6 Å². The van der Waals surface area contributed by atoms with E-state index in [0.29, 0.717) is 16.9 Å². The Morgan fingerprint density at radius 1 is 1.07 bits per heavy atom. The number of ketones is 1. The van der Waals surface area contributed by atoms with Crippen LogP contribution in [0.25, 0.3) is 0 Å². The number of hydrogen-bond donors (Lipinski definition) is 0. The van der Waals surface area contributed by atoms with Crippen molar-refractivity contribution in [1.29, 1.82) is 0 Å². The Hall–Kier alpha value is -3.02. The zero-order valence-electron chi connectivity index (χ0n) is 23.1. The van der Waals surface area contributed by atoms with Gasteiger partial charge in [0.2, 0.25) is 5.91 Å². The summed E-state index contributed by atoms with van der Waals surface area (Å²) in [6.07, 6.45) is -3.54. The maximum absolute atomic E-state index is 14.0. The van der Waals surface area contributed by atoms with Crippen LogP contribution in [0.15, 0.2) is 53.5 Å². The Kier molecular flexibility index (Phi) is 9.40. The number of benzene rings is 2. The maximum atomic E-state index is 14.0. The minimum Gasteiger partial charge on any atom is -0.497 e. The van der Waals surface area contributed by atoms with Crippen molar-refractivity contribution in [3.05, 3.63) is 81.3 Å². The average Bonchev–Trinajstić information content (AvgIpc) is 3.22. The van der Waals surface area contributed by atoms with Crippen LogP contribution in [0, 0.1) is 12.8 Å². The molecule has 0 aliphatic carbocycles. The molecule has 1 amide bonds. The number of aryl methyl sites for hydroxylation is 3. The number of halogens is 3. The summed E-state index contributed by atoms with van der Waals surface area (Å²) in [4.78, 5) is 42.2. The first-order valence-corrected chi connectivity index (χ1v) is 14.4. The molecule has 1 aromatic heterocycles. The number of nitrogens with zero attached hydrogens (tertiary/aromatic N) is 2. The van der Waals surface area contributed by atoms with E-state index in [1.165, 1.54) is 11.1 Å². The number of aromatic nitrogens is 1. The fourth-order valence-corrected chi connectivity index (χ4v) is 6.63. The number of Topliss-reactive ketones (excluding diaryl/α,β-unsaturated/α-hetero) is 1. The standard InChI is InChI=1S/C30H33F3N2O4P2/c1-4-18-5-7-19(8-6-18)23(36)15-21-22(26-24(40)13-20(39-3)14-25(26)41)16-35(28(21)37)27-17(2)9-11-34(29(27)38)12-10-30(31,32)33/h5-9,11,13-14,21-22H,4,10,12,15-16,40-41H2,1-3H3/t21-,22+/m0/s1. The van der Waals surface area contributed by atoms with E-state index in [-0.39, 0.29) is 24.4 Å². The van der Waals surface area contributed by atoms with Crippen LogP contribution in [0.1, 0.15) is 52.7 Å². The molecule has 6 nitrogen and oxygen atoms in total. The zero-order chi connectivity index (χ0) is 30.1. The van der Waals surface area contributed by atoms with Gasteiger partial charge in [0.1, 0.15) is 11.4 Å². The molecule has 0 bridgehead atoms. The number of carbonyl (C=O) groups excluding carboxylic acids is 2. The lowest BCUT2D eigenvalue weighted by Gasteiger charge is -2.22. The lowest BCUT2D eigenvalue weighted by molar-refractivity contribution is -0.136. The van der Waals surface area contributed by atoms with Crippen LogP contribution in [0.4, 0.5) is 18.9 Å². The van der Waals surface area contributed by atoms with Crippen LogP contribution in [0.3, 0.4) is 0 Å². The van der Waals surface area contributed by atoms with Crippen LogP contribution in [0.2, 0.25) is 0 Å². The summed E-state index contributed by atoms with van der Waals surface area (Å²) in [5, 5.41) is 1.57. The summed E-state index contributed by atoms with van der Waals surface area (Å²) >= 11 is 0. The van der Waals surface area contributed by atoms with Gasteiger partial charge in [-0.2, -0.15) is 13.2 Å². The third kappa shape index (κ3) is 6.73. The highest BCUT2D eigenvalue weighted by molar-refractivity contribution is 7.29. The van der Waals surface area contributed by atoms with Crippen molar-refractivity contribution in [2.75, 3.05) is 18.6 Å². The van der Waals surface area contributed by atoms with Crippen molar-refractivity contribution in [2.24, 2.45) is 5.92 Å². The molecular weight excluding hydrogens is 571 g/mol. The highest BCUT2D eigenvalue weighted by Gasteiger charge is 2.45. The number of methoxy groups -OCH3 is 1. The molecule has 41 heavy (non-hydrogen) atoms. The molecule has 2 aromatic carbocycles. The second-order valence-electron chi connectivity index (χ2n) is 10.3. The Bertz CT molecular complexity index is 1500. The fourth-order valence-electron chi connectivity index (χ4n) is 5.37. The van der Waals surface area contributed by atoms with E-state index in [2.05, 4.69) is 18.5 Å². The number of rotatable bonds is 9. The van der Waals surface area contributed by atoms with Gasteiger partial charge in [0.25, 0.3) is 5.56 Å². The van der Waals surface area contributed by atoms with Crippen LogP contribution >= 0.6 is 18.5 Å². The van der Waals surface area contributed by atoms with E-state index in [1.54, 1.807) is 32.2 Å². The Labute approximate surface area is 241 Å². The lowest BCUT2D eigenvalue weighted by atomic mass is 9.84. The summed E-state index contributed by atoms with van der Waals surface area (Å²) in [5.74, 6) is -1.24. The van der Waals surface area contributed by atoms with Gasteiger partial charge in [-0.1, -0.05) is 31.2 Å². The largest absolute Gasteiger partial charge is 0.497 e. The van der Waals surface area contributed by atoms with Gasteiger partial charge in [-0.15, -0.1) is 18.5 Å². The number of ether oxygens (including phenoxy) is 1. The van der Waals surface area contributed by atoms with Gasteiger partial charge in [-0.3, -0.25) is 14.4 Å². The molecule has 1 fully saturated rings. The molecule has 218 valence electrons. The Morgan fingerprint density at radius 3 is 2.27 bits per heavy atom. The number of pyridine rings is 1. The van der Waals surface area contributed by atoms with Crippen molar-refractivity contribution < 1.29 is 27.5 Å². The van der Waals surface area contributed by atoms with Gasteiger partial charge < -0.3 is 14.2 Å². The van der Waals surface area contributed by atoms with Gasteiger partial charge >= 0.3 is 6.18 Å². The normalized spacial score (nSPS) is 17.3. The van der Waals surface area contributed by atoms with E-state index < -0.39 is 42.4 Å². The molecule has 2 unspecified atom stereocenters. The molecule has 3 aromatic rings. The number of carbonyl (C=O) groups is 2. The summed E-state index contributed by atoms with van der Waals surface area (Å²) in [6, 6.07) is 12.5. The van der Waals surface area contributed by atoms with Gasteiger partial charge in [0, 0.05) is 37.2 Å². The minimum absolute atomic E-state index is 0.0380. The summed E-state index contributed by atoms with van der Waals surface area (Å²) in [7, 11) is 6.86. The van der Waals surface area contributed by atoms with Crippen molar-refractivity contribution in [3.8, 4) is 5.75 Å². The molecule has 0 N–H and O–H groups in total. The molecule has 1 saturated heterocycles.